The van der Waals surface area contributed by atoms with Crippen molar-refractivity contribution in [3.63, 3.8) is 0 Å². The van der Waals surface area contributed by atoms with Gasteiger partial charge in [0.15, 0.2) is 5.92 Å². The number of hydrazone groups is 1. The van der Waals surface area contributed by atoms with Crippen LogP contribution in [0.2, 0.25) is 5.02 Å². The molecule has 0 unspecified atom stereocenters. The molecule has 0 fully saturated rings. The van der Waals surface area contributed by atoms with E-state index < -0.39 is 16.7 Å². The van der Waals surface area contributed by atoms with Gasteiger partial charge in [-0.3, -0.25) is 14.9 Å². The molecule has 1 amide bonds. The van der Waals surface area contributed by atoms with E-state index in [0.717, 1.165) is 11.4 Å². The summed E-state index contributed by atoms with van der Waals surface area (Å²) in [6.45, 7) is 3.68. The molecule has 0 aliphatic heterocycles. The van der Waals surface area contributed by atoms with Crippen LogP contribution >= 0.6 is 11.6 Å². The van der Waals surface area contributed by atoms with Gasteiger partial charge in [-0.2, -0.15) is 10.4 Å². The Morgan fingerprint density at radius 3 is 2.61 bits per heavy atom. The molecular weight excluding hydrogens is 418 g/mol. The first-order valence-corrected chi connectivity index (χ1v) is 9.62. The molecule has 9 heteroatoms. The summed E-state index contributed by atoms with van der Waals surface area (Å²) in [6.07, 6.45) is 1.47. The number of amides is 1. The number of carbonyl (C=O) groups excluding carboxylic acids is 1. The van der Waals surface area contributed by atoms with Gasteiger partial charge in [0.25, 0.3) is 11.6 Å². The Bertz CT molecular complexity index is 1210. The fourth-order valence-corrected chi connectivity index (χ4v) is 3.44. The Morgan fingerprint density at radius 2 is 1.97 bits per heavy atom. The first-order valence-electron chi connectivity index (χ1n) is 9.24. The summed E-state index contributed by atoms with van der Waals surface area (Å²) in [6, 6.07) is 17.1. The summed E-state index contributed by atoms with van der Waals surface area (Å²) in [4.78, 5) is 23.0. The van der Waals surface area contributed by atoms with Crippen molar-refractivity contribution in [2.24, 2.45) is 5.10 Å². The topological polar surface area (TPSA) is 113 Å². The predicted octanol–water partition coefficient (Wildman–Crippen LogP) is 4.41. The minimum atomic E-state index is -0.972. The molecule has 0 spiro atoms. The Morgan fingerprint density at radius 1 is 1.26 bits per heavy atom. The summed E-state index contributed by atoms with van der Waals surface area (Å²) in [5.41, 5.74) is 5.69. The van der Waals surface area contributed by atoms with Gasteiger partial charge in [0.05, 0.1) is 22.9 Å². The third-order valence-electron chi connectivity index (χ3n) is 4.76. The highest BCUT2D eigenvalue weighted by Gasteiger charge is 2.20. The first-order chi connectivity index (χ1) is 14.8. The lowest BCUT2D eigenvalue weighted by molar-refractivity contribution is -0.384. The summed E-state index contributed by atoms with van der Waals surface area (Å²) in [5, 5.41) is 24.6. The van der Waals surface area contributed by atoms with Gasteiger partial charge < -0.3 is 4.57 Å². The zero-order valence-electron chi connectivity index (χ0n) is 16.7. The molecule has 3 rings (SSSR count). The standard InChI is InChI=1S/C22H18ClN5O3/c1-14-10-17(13-25-26-22(29)19(12-24)16-6-4-3-5-7-16)15(2)27(14)18-8-9-20(23)21(11-18)28(30)31/h3-11,13,19H,1-2H3,(H,26,29)/b25-13-/t19-/m0/s1. The molecule has 1 N–H and O–H groups in total. The number of nitrogens with zero attached hydrogens (tertiary/aromatic N) is 4. The summed E-state index contributed by atoms with van der Waals surface area (Å²) in [7, 11) is 0. The molecule has 1 atom stereocenters. The van der Waals surface area contributed by atoms with Crippen LogP contribution in [0.3, 0.4) is 0 Å². The molecule has 0 radical (unpaired) electrons. The minimum Gasteiger partial charge on any atom is -0.318 e. The zero-order chi connectivity index (χ0) is 22.5. The van der Waals surface area contributed by atoms with E-state index in [2.05, 4.69) is 10.5 Å². The average Bonchev–Trinajstić information content (AvgIpc) is 3.03. The number of aryl methyl sites for hydroxylation is 1. The number of aromatic nitrogens is 1. The van der Waals surface area contributed by atoms with Crippen molar-refractivity contribution in [2.75, 3.05) is 0 Å². The lowest BCUT2D eigenvalue weighted by Gasteiger charge is -2.10. The van der Waals surface area contributed by atoms with Gasteiger partial charge >= 0.3 is 0 Å². The van der Waals surface area contributed by atoms with Crippen LogP contribution in [0, 0.1) is 35.3 Å². The van der Waals surface area contributed by atoms with Gasteiger partial charge in [-0.15, -0.1) is 0 Å². The lowest BCUT2D eigenvalue weighted by atomic mass is 10.0. The molecule has 2 aromatic carbocycles. The Kier molecular flexibility index (Phi) is 6.48. The minimum absolute atomic E-state index is 0.0613. The van der Waals surface area contributed by atoms with E-state index in [1.54, 1.807) is 36.4 Å². The number of hydrogen-bond acceptors (Lipinski definition) is 5. The highest BCUT2D eigenvalue weighted by atomic mass is 35.5. The van der Waals surface area contributed by atoms with Crippen LogP contribution in [0.5, 0.6) is 0 Å². The number of nitro benzene ring substituents is 1. The van der Waals surface area contributed by atoms with Gasteiger partial charge in [0, 0.05) is 23.0 Å². The van der Waals surface area contributed by atoms with Crippen molar-refractivity contribution < 1.29 is 9.72 Å². The Labute approximate surface area is 183 Å². The Balaban J connectivity index is 1.82. The molecule has 3 aromatic rings. The second-order valence-corrected chi connectivity index (χ2v) is 7.17. The van der Waals surface area contributed by atoms with Crippen molar-refractivity contribution in [2.45, 2.75) is 19.8 Å². The normalized spacial score (nSPS) is 11.8. The average molecular weight is 436 g/mol. The molecule has 156 valence electrons. The van der Waals surface area contributed by atoms with Crippen LogP contribution < -0.4 is 5.43 Å². The predicted molar refractivity (Wildman–Crippen MR) is 117 cm³/mol. The van der Waals surface area contributed by atoms with Crippen molar-refractivity contribution in [3.8, 4) is 11.8 Å². The van der Waals surface area contributed by atoms with Crippen LogP contribution in [-0.2, 0) is 4.79 Å². The number of nitro groups is 1. The summed E-state index contributed by atoms with van der Waals surface area (Å²) < 4.78 is 1.83. The van der Waals surface area contributed by atoms with E-state index in [1.807, 2.05) is 30.6 Å². The van der Waals surface area contributed by atoms with E-state index in [-0.39, 0.29) is 10.7 Å². The van der Waals surface area contributed by atoms with E-state index >= 15 is 0 Å². The SMILES string of the molecule is Cc1cc(/C=N\NC(=O)[C@@H](C#N)c2ccccc2)c(C)n1-c1ccc(Cl)c([N+](=O)[O-])c1. The smallest absolute Gasteiger partial charge is 0.289 e. The fourth-order valence-electron chi connectivity index (χ4n) is 3.26. The number of benzene rings is 2. The third kappa shape index (κ3) is 4.63. The lowest BCUT2D eigenvalue weighted by Crippen LogP contribution is -2.24. The third-order valence-corrected chi connectivity index (χ3v) is 5.08. The van der Waals surface area contributed by atoms with E-state index in [9.17, 15) is 20.2 Å². The second kappa shape index (κ2) is 9.24. The van der Waals surface area contributed by atoms with Crippen LogP contribution in [0.15, 0.2) is 59.7 Å². The number of hydrogen-bond donors (Lipinski definition) is 1. The van der Waals surface area contributed by atoms with Crippen molar-refractivity contribution in [1.82, 2.24) is 9.99 Å². The molecule has 0 saturated heterocycles. The summed E-state index contributed by atoms with van der Waals surface area (Å²) >= 11 is 5.91. The van der Waals surface area contributed by atoms with Crippen molar-refractivity contribution in [1.29, 1.82) is 5.26 Å². The van der Waals surface area contributed by atoms with Crippen molar-refractivity contribution in [3.05, 3.63) is 92.2 Å². The van der Waals surface area contributed by atoms with Gasteiger partial charge in [0.1, 0.15) is 5.02 Å². The maximum Gasteiger partial charge on any atom is 0.289 e. The van der Waals surface area contributed by atoms with E-state index in [1.165, 1.54) is 18.3 Å². The van der Waals surface area contributed by atoms with E-state index in [0.29, 0.717) is 16.8 Å². The van der Waals surface area contributed by atoms with Crippen LogP contribution in [0.25, 0.3) is 5.69 Å². The molecule has 0 aliphatic carbocycles. The molecule has 0 aliphatic rings. The molecule has 0 bridgehead atoms. The highest BCUT2D eigenvalue weighted by molar-refractivity contribution is 6.32. The van der Waals surface area contributed by atoms with Crippen LogP contribution in [0.4, 0.5) is 5.69 Å². The number of nitrogens with one attached hydrogen (secondary N) is 1. The highest BCUT2D eigenvalue weighted by Crippen LogP contribution is 2.29. The number of carbonyl (C=O) groups is 1. The van der Waals surface area contributed by atoms with Gasteiger partial charge in [0.2, 0.25) is 0 Å². The number of nitriles is 1. The van der Waals surface area contributed by atoms with Crippen LogP contribution in [-0.4, -0.2) is 21.6 Å². The fraction of sp³-hybridized carbons (Fsp3) is 0.136. The second-order valence-electron chi connectivity index (χ2n) is 6.76. The molecular formula is C22H18ClN5O3. The molecule has 0 saturated carbocycles. The maximum atomic E-state index is 12.3. The maximum absolute atomic E-state index is 12.3. The van der Waals surface area contributed by atoms with Crippen molar-refractivity contribution >= 4 is 29.4 Å². The van der Waals surface area contributed by atoms with Gasteiger partial charge in [-0.1, -0.05) is 41.9 Å². The number of halogens is 1. The quantitative estimate of drug-likeness (QED) is 0.351. The molecule has 31 heavy (non-hydrogen) atoms. The summed E-state index contributed by atoms with van der Waals surface area (Å²) in [5.74, 6) is -1.51. The molecule has 1 heterocycles. The van der Waals surface area contributed by atoms with Crippen LogP contribution in [0.1, 0.15) is 28.4 Å². The molecule has 1 aromatic heterocycles. The molecule has 8 nitrogen and oxygen atoms in total. The monoisotopic (exact) mass is 435 g/mol. The number of rotatable bonds is 6. The van der Waals surface area contributed by atoms with Gasteiger partial charge in [-0.25, -0.2) is 5.43 Å². The Hall–Kier alpha value is -3.96. The first kappa shape index (κ1) is 21.7. The zero-order valence-corrected chi connectivity index (χ0v) is 17.5. The largest absolute Gasteiger partial charge is 0.318 e. The van der Waals surface area contributed by atoms with Gasteiger partial charge in [-0.05, 0) is 37.6 Å². The van der Waals surface area contributed by atoms with E-state index in [4.69, 9.17) is 11.6 Å².